The Morgan fingerprint density at radius 3 is 2.42 bits per heavy atom. The number of hydrogen-bond acceptors (Lipinski definition) is 1. The van der Waals surface area contributed by atoms with Gasteiger partial charge in [0, 0.05) is 18.1 Å². The standard InChI is InChI=1S/C11H18N/c1-2-5-9(4-1)12-10-6-3-7-11(12)8-10/h4,9-11H,1-3,5-8H2. The Kier molecular flexibility index (Phi) is 1.68. The molecule has 1 saturated carbocycles. The maximum absolute atomic E-state index is 2.82. The first-order valence-corrected chi connectivity index (χ1v) is 5.56. The zero-order valence-electron chi connectivity index (χ0n) is 7.71. The molecular formula is C11H18N. The molecule has 0 aromatic carbocycles. The summed E-state index contributed by atoms with van der Waals surface area (Å²) >= 11 is 0. The van der Waals surface area contributed by atoms with Crippen molar-refractivity contribution in [3.8, 4) is 0 Å². The molecular weight excluding hydrogens is 146 g/mol. The molecule has 1 radical (unpaired) electrons. The first-order chi connectivity index (χ1) is 5.95. The number of piperidine rings is 1. The number of hydrogen-bond donors (Lipinski definition) is 0. The van der Waals surface area contributed by atoms with Gasteiger partial charge in [0.2, 0.25) is 0 Å². The Bertz CT molecular complexity index is 158. The number of fused-ring (bicyclic) bond motifs is 2. The molecule has 1 heteroatoms. The minimum absolute atomic E-state index is 0.883. The summed E-state index contributed by atoms with van der Waals surface area (Å²) in [5.74, 6) is 0. The molecule has 1 nitrogen and oxygen atoms in total. The number of rotatable bonds is 1. The quantitative estimate of drug-likeness (QED) is 0.575. The molecule has 3 atom stereocenters. The van der Waals surface area contributed by atoms with Gasteiger partial charge in [-0.2, -0.15) is 0 Å². The van der Waals surface area contributed by atoms with Gasteiger partial charge in [-0.1, -0.05) is 12.8 Å². The van der Waals surface area contributed by atoms with E-state index < -0.39 is 0 Å². The summed E-state index contributed by atoms with van der Waals surface area (Å²) in [4.78, 5) is 2.82. The highest BCUT2D eigenvalue weighted by molar-refractivity contribution is 5.05. The second-order valence-electron chi connectivity index (χ2n) is 4.66. The van der Waals surface area contributed by atoms with Gasteiger partial charge in [-0.3, -0.25) is 4.90 Å². The fourth-order valence-corrected chi connectivity index (χ4v) is 3.41. The molecule has 3 rings (SSSR count). The van der Waals surface area contributed by atoms with E-state index in [9.17, 15) is 0 Å². The van der Waals surface area contributed by atoms with Crippen LogP contribution in [0.15, 0.2) is 0 Å². The zero-order chi connectivity index (χ0) is 7.97. The largest absolute Gasteiger partial charge is 0.294 e. The van der Waals surface area contributed by atoms with Crippen LogP contribution in [0.5, 0.6) is 0 Å². The minimum Gasteiger partial charge on any atom is -0.294 e. The van der Waals surface area contributed by atoms with Crippen molar-refractivity contribution < 1.29 is 0 Å². The minimum atomic E-state index is 0.883. The molecule has 2 saturated heterocycles. The predicted molar refractivity (Wildman–Crippen MR) is 49.8 cm³/mol. The summed E-state index contributed by atoms with van der Waals surface area (Å²) in [5, 5.41) is 0. The smallest absolute Gasteiger partial charge is 0.0133 e. The Morgan fingerprint density at radius 1 is 1.00 bits per heavy atom. The van der Waals surface area contributed by atoms with Crippen LogP contribution in [0.4, 0.5) is 0 Å². The van der Waals surface area contributed by atoms with Gasteiger partial charge in [0.05, 0.1) is 0 Å². The lowest BCUT2D eigenvalue weighted by molar-refractivity contribution is -0.0504. The van der Waals surface area contributed by atoms with Crippen molar-refractivity contribution in [3.05, 3.63) is 6.42 Å². The zero-order valence-corrected chi connectivity index (χ0v) is 7.71. The Morgan fingerprint density at radius 2 is 1.83 bits per heavy atom. The molecule has 3 aliphatic rings. The molecule has 0 N–H and O–H groups in total. The average molecular weight is 164 g/mol. The van der Waals surface area contributed by atoms with Crippen LogP contribution >= 0.6 is 0 Å². The third-order valence-electron chi connectivity index (χ3n) is 3.99. The molecule has 2 bridgehead atoms. The lowest BCUT2D eigenvalue weighted by atomic mass is 9.78. The summed E-state index contributed by atoms with van der Waals surface area (Å²) in [5.41, 5.74) is 0. The lowest BCUT2D eigenvalue weighted by Gasteiger charge is -2.56. The van der Waals surface area contributed by atoms with E-state index >= 15 is 0 Å². The normalized spacial score (nSPS) is 43.0. The van der Waals surface area contributed by atoms with Crippen molar-refractivity contribution in [1.82, 2.24) is 4.90 Å². The van der Waals surface area contributed by atoms with E-state index in [0.29, 0.717) is 0 Å². The SMILES string of the molecule is [CH]1CCCC1N1C2CCCC1C2. The van der Waals surface area contributed by atoms with Crippen LogP contribution in [0, 0.1) is 6.42 Å². The highest BCUT2D eigenvalue weighted by Crippen LogP contribution is 2.42. The average Bonchev–Trinajstić information content (AvgIpc) is 2.58. The maximum atomic E-state index is 2.82. The van der Waals surface area contributed by atoms with Gasteiger partial charge >= 0.3 is 0 Å². The molecule has 0 amide bonds. The Labute approximate surface area is 75.1 Å². The van der Waals surface area contributed by atoms with Gasteiger partial charge in [0.1, 0.15) is 0 Å². The third-order valence-corrected chi connectivity index (χ3v) is 3.99. The monoisotopic (exact) mass is 164 g/mol. The van der Waals surface area contributed by atoms with Gasteiger partial charge in [-0.05, 0) is 38.5 Å². The number of nitrogens with zero attached hydrogens (tertiary/aromatic N) is 1. The Balaban J connectivity index is 1.68. The van der Waals surface area contributed by atoms with Crippen LogP contribution in [0.1, 0.15) is 44.9 Å². The molecule has 67 valence electrons. The van der Waals surface area contributed by atoms with Crippen LogP contribution in [0.3, 0.4) is 0 Å². The molecule has 3 unspecified atom stereocenters. The van der Waals surface area contributed by atoms with E-state index in [1.165, 1.54) is 44.9 Å². The molecule has 1 aliphatic carbocycles. The predicted octanol–water partition coefficient (Wildman–Crippen LogP) is 2.37. The molecule has 3 fully saturated rings. The summed E-state index contributed by atoms with van der Waals surface area (Å²) < 4.78 is 0. The van der Waals surface area contributed by atoms with Crippen molar-refractivity contribution in [1.29, 1.82) is 0 Å². The molecule has 0 spiro atoms. The van der Waals surface area contributed by atoms with E-state index in [4.69, 9.17) is 0 Å². The highest BCUT2D eigenvalue weighted by atomic mass is 15.3. The van der Waals surface area contributed by atoms with E-state index in [0.717, 1.165) is 18.1 Å². The maximum Gasteiger partial charge on any atom is 0.0133 e. The molecule has 2 heterocycles. The van der Waals surface area contributed by atoms with E-state index in [2.05, 4.69) is 11.3 Å². The summed E-state index contributed by atoms with van der Waals surface area (Å²) in [6.07, 6.45) is 12.8. The summed E-state index contributed by atoms with van der Waals surface area (Å²) in [7, 11) is 0. The van der Waals surface area contributed by atoms with Crippen LogP contribution in [0.25, 0.3) is 0 Å². The fraction of sp³-hybridized carbons (Fsp3) is 0.909. The van der Waals surface area contributed by atoms with Crippen molar-refractivity contribution in [2.24, 2.45) is 0 Å². The van der Waals surface area contributed by atoms with Crippen molar-refractivity contribution in [2.75, 3.05) is 0 Å². The van der Waals surface area contributed by atoms with E-state index in [-0.39, 0.29) is 0 Å². The topological polar surface area (TPSA) is 3.24 Å². The van der Waals surface area contributed by atoms with Gasteiger partial charge in [-0.15, -0.1) is 0 Å². The van der Waals surface area contributed by atoms with E-state index in [1.54, 1.807) is 0 Å². The fourth-order valence-electron chi connectivity index (χ4n) is 3.41. The van der Waals surface area contributed by atoms with Crippen molar-refractivity contribution >= 4 is 0 Å². The lowest BCUT2D eigenvalue weighted by Crippen LogP contribution is -2.62. The first kappa shape index (κ1) is 7.37. The second kappa shape index (κ2) is 2.73. The molecule has 0 aromatic heterocycles. The summed E-state index contributed by atoms with van der Waals surface area (Å²) in [6, 6.07) is 2.86. The van der Waals surface area contributed by atoms with Crippen LogP contribution in [-0.2, 0) is 0 Å². The van der Waals surface area contributed by atoms with Crippen molar-refractivity contribution in [3.63, 3.8) is 0 Å². The van der Waals surface area contributed by atoms with Crippen LogP contribution < -0.4 is 0 Å². The van der Waals surface area contributed by atoms with Gasteiger partial charge in [0.25, 0.3) is 0 Å². The van der Waals surface area contributed by atoms with E-state index in [1.807, 2.05) is 0 Å². The van der Waals surface area contributed by atoms with Crippen molar-refractivity contribution in [2.45, 2.75) is 63.1 Å². The van der Waals surface area contributed by atoms with Crippen LogP contribution in [0.2, 0.25) is 0 Å². The van der Waals surface area contributed by atoms with Crippen LogP contribution in [-0.4, -0.2) is 23.0 Å². The molecule has 12 heavy (non-hydrogen) atoms. The molecule has 0 aromatic rings. The second-order valence-corrected chi connectivity index (χ2v) is 4.66. The van der Waals surface area contributed by atoms with Gasteiger partial charge < -0.3 is 0 Å². The van der Waals surface area contributed by atoms with Gasteiger partial charge in [-0.25, -0.2) is 0 Å². The summed E-state index contributed by atoms with van der Waals surface area (Å²) in [6.45, 7) is 0. The van der Waals surface area contributed by atoms with Gasteiger partial charge in [0.15, 0.2) is 0 Å². The third kappa shape index (κ3) is 0.953. The highest BCUT2D eigenvalue weighted by Gasteiger charge is 2.45. The first-order valence-electron chi connectivity index (χ1n) is 5.56. The Hall–Kier alpha value is -0.0400. The molecule has 2 aliphatic heterocycles.